The summed E-state index contributed by atoms with van der Waals surface area (Å²) in [6, 6.07) is 20.0. The number of benzene rings is 2. The Kier molecular flexibility index (Phi) is 6.49. The van der Waals surface area contributed by atoms with Gasteiger partial charge in [-0.25, -0.2) is 4.98 Å². The molecule has 1 aromatic heterocycles. The second kappa shape index (κ2) is 9.04. The van der Waals surface area contributed by atoms with Crippen LogP contribution in [0.4, 0.5) is 0 Å². The molecule has 0 aliphatic carbocycles. The molecule has 28 heavy (non-hydrogen) atoms. The molecule has 0 bridgehead atoms. The summed E-state index contributed by atoms with van der Waals surface area (Å²) in [5, 5.41) is 0. The number of amides is 1. The van der Waals surface area contributed by atoms with E-state index in [9.17, 15) is 4.79 Å². The summed E-state index contributed by atoms with van der Waals surface area (Å²) < 4.78 is 5.55. The first-order valence-corrected chi connectivity index (χ1v) is 9.27. The highest BCUT2D eigenvalue weighted by Crippen LogP contribution is 2.32. The molecule has 1 fully saturated rings. The number of nitrogens with two attached hydrogens (primary N) is 1. The Labute approximate surface area is 171 Å². The smallest absolute Gasteiger partial charge is 0.228 e. The van der Waals surface area contributed by atoms with Crippen LogP contribution in [0.15, 0.2) is 71.3 Å². The molecule has 2 N–H and O–H groups in total. The van der Waals surface area contributed by atoms with Crippen LogP contribution in [0.1, 0.15) is 17.2 Å². The molecule has 0 spiro atoms. The summed E-state index contributed by atoms with van der Waals surface area (Å²) in [4.78, 5) is 19.2. The van der Waals surface area contributed by atoms with Crippen LogP contribution in [0.25, 0.3) is 11.5 Å². The van der Waals surface area contributed by atoms with Gasteiger partial charge in [0, 0.05) is 24.6 Å². The largest absolute Gasteiger partial charge is 0.444 e. The second-order valence-electron chi connectivity index (χ2n) is 7.00. The number of carbonyl (C=O) groups excluding carboxylic acids is 1. The Morgan fingerprint density at radius 2 is 1.75 bits per heavy atom. The Hall–Kier alpha value is -2.63. The number of likely N-dealkylation sites (tertiary alicyclic amines) is 1. The zero-order valence-corrected chi connectivity index (χ0v) is 16.3. The molecule has 2 aromatic carbocycles. The summed E-state index contributed by atoms with van der Waals surface area (Å²) in [6.07, 6.45) is 1.82. The number of halogens is 1. The van der Waals surface area contributed by atoms with Gasteiger partial charge in [-0.3, -0.25) is 4.79 Å². The van der Waals surface area contributed by atoms with Crippen molar-refractivity contribution in [3.8, 4) is 11.5 Å². The number of hydrogen-bond donors (Lipinski definition) is 1. The summed E-state index contributed by atoms with van der Waals surface area (Å²) >= 11 is 0. The number of nitrogens with zero attached hydrogens (tertiary/aromatic N) is 2. The first-order chi connectivity index (χ1) is 13.2. The maximum Gasteiger partial charge on any atom is 0.228 e. The monoisotopic (exact) mass is 397 g/mol. The minimum Gasteiger partial charge on any atom is -0.444 e. The predicted molar refractivity (Wildman–Crippen MR) is 111 cm³/mol. The molecule has 1 amide bonds. The van der Waals surface area contributed by atoms with E-state index in [1.807, 2.05) is 53.4 Å². The standard InChI is InChI=1S/C22H23N3O2.ClH/c23-12-18-13-25(14-20(18)16-7-3-1-4-8-16)21(26)11-19-15-27-22(24-19)17-9-5-2-6-10-17;/h1-10,15,18,20H,11-14,23H2;1H/t18-,20+;/m1./s1. The molecule has 5 nitrogen and oxygen atoms in total. The Morgan fingerprint density at radius 3 is 2.43 bits per heavy atom. The SMILES string of the molecule is Cl.NC[C@@H]1CN(C(=O)Cc2coc(-c3ccccc3)n2)C[C@H]1c1ccccc1. The molecule has 2 heterocycles. The lowest BCUT2D eigenvalue weighted by Gasteiger charge is -2.16. The van der Waals surface area contributed by atoms with Crippen LogP contribution in [0.2, 0.25) is 0 Å². The molecule has 1 aliphatic rings. The van der Waals surface area contributed by atoms with E-state index in [-0.39, 0.29) is 36.6 Å². The van der Waals surface area contributed by atoms with E-state index in [0.29, 0.717) is 31.2 Å². The van der Waals surface area contributed by atoms with Gasteiger partial charge in [0.05, 0.1) is 12.1 Å². The molecule has 6 heteroatoms. The van der Waals surface area contributed by atoms with E-state index < -0.39 is 0 Å². The van der Waals surface area contributed by atoms with Gasteiger partial charge in [-0.2, -0.15) is 0 Å². The van der Waals surface area contributed by atoms with Gasteiger partial charge in [0.25, 0.3) is 0 Å². The molecule has 1 aliphatic heterocycles. The quantitative estimate of drug-likeness (QED) is 0.715. The minimum atomic E-state index is 0. The average molecular weight is 398 g/mol. The van der Waals surface area contributed by atoms with Crippen molar-refractivity contribution in [2.45, 2.75) is 12.3 Å². The van der Waals surface area contributed by atoms with Gasteiger partial charge in [0.2, 0.25) is 11.8 Å². The van der Waals surface area contributed by atoms with Crippen LogP contribution in [0, 0.1) is 5.92 Å². The molecule has 1 saturated heterocycles. The molecule has 0 radical (unpaired) electrons. The zero-order chi connectivity index (χ0) is 18.6. The third kappa shape index (κ3) is 4.26. The zero-order valence-electron chi connectivity index (χ0n) is 15.5. The Balaban J connectivity index is 0.00000225. The van der Waals surface area contributed by atoms with Crippen molar-refractivity contribution in [1.82, 2.24) is 9.88 Å². The van der Waals surface area contributed by atoms with Crippen LogP contribution in [0.3, 0.4) is 0 Å². The van der Waals surface area contributed by atoms with Gasteiger partial charge in [0.15, 0.2) is 0 Å². The van der Waals surface area contributed by atoms with Crippen LogP contribution >= 0.6 is 12.4 Å². The molecule has 0 unspecified atom stereocenters. The number of rotatable bonds is 5. The fourth-order valence-electron chi connectivity index (χ4n) is 3.76. The van der Waals surface area contributed by atoms with Crippen molar-refractivity contribution >= 4 is 18.3 Å². The second-order valence-corrected chi connectivity index (χ2v) is 7.00. The van der Waals surface area contributed by atoms with Gasteiger partial charge < -0.3 is 15.1 Å². The lowest BCUT2D eigenvalue weighted by molar-refractivity contribution is -0.129. The van der Waals surface area contributed by atoms with Gasteiger partial charge in [0.1, 0.15) is 6.26 Å². The highest BCUT2D eigenvalue weighted by Gasteiger charge is 2.35. The van der Waals surface area contributed by atoms with E-state index in [1.165, 1.54) is 5.56 Å². The van der Waals surface area contributed by atoms with Crippen LogP contribution in [-0.2, 0) is 11.2 Å². The van der Waals surface area contributed by atoms with Gasteiger partial charge in [-0.1, -0.05) is 48.5 Å². The third-order valence-electron chi connectivity index (χ3n) is 5.23. The molecule has 4 rings (SSSR count). The van der Waals surface area contributed by atoms with Crippen LogP contribution in [0.5, 0.6) is 0 Å². The Morgan fingerprint density at radius 1 is 1.07 bits per heavy atom. The number of hydrogen-bond acceptors (Lipinski definition) is 4. The van der Waals surface area contributed by atoms with E-state index in [1.54, 1.807) is 6.26 Å². The summed E-state index contributed by atoms with van der Waals surface area (Å²) in [5.41, 5.74) is 8.79. The topological polar surface area (TPSA) is 72.4 Å². The summed E-state index contributed by atoms with van der Waals surface area (Å²) in [6.45, 7) is 1.97. The van der Waals surface area contributed by atoms with Gasteiger partial charge in [-0.05, 0) is 30.2 Å². The maximum absolute atomic E-state index is 12.8. The van der Waals surface area contributed by atoms with Crippen molar-refractivity contribution in [1.29, 1.82) is 0 Å². The van der Waals surface area contributed by atoms with Crippen molar-refractivity contribution < 1.29 is 9.21 Å². The number of oxazole rings is 1. The van der Waals surface area contributed by atoms with E-state index in [4.69, 9.17) is 10.2 Å². The number of carbonyl (C=O) groups is 1. The Bertz CT molecular complexity index is 898. The summed E-state index contributed by atoms with van der Waals surface area (Å²) in [5.74, 6) is 1.19. The molecule has 0 saturated carbocycles. The lowest BCUT2D eigenvalue weighted by Crippen LogP contribution is -2.31. The van der Waals surface area contributed by atoms with Crippen molar-refractivity contribution in [2.75, 3.05) is 19.6 Å². The first kappa shape index (κ1) is 20.1. The maximum atomic E-state index is 12.8. The average Bonchev–Trinajstić information content (AvgIpc) is 3.36. The van der Waals surface area contributed by atoms with Gasteiger partial charge in [-0.15, -0.1) is 12.4 Å². The van der Waals surface area contributed by atoms with E-state index in [2.05, 4.69) is 17.1 Å². The van der Waals surface area contributed by atoms with Crippen LogP contribution in [-0.4, -0.2) is 35.4 Å². The number of aromatic nitrogens is 1. The first-order valence-electron chi connectivity index (χ1n) is 9.27. The van der Waals surface area contributed by atoms with Crippen molar-refractivity contribution in [2.24, 2.45) is 11.7 Å². The molecular weight excluding hydrogens is 374 g/mol. The van der Waals surface area contributed by atoms with Gasteiger partial charge >= 0.3 is 0 Å². The molecule has 3 aromatic rings. The third-order valence-corrected chi connectivity index (χ3v) is 5.23. The summed E-state index contributed by atoms with van der Waals surface area (Å²) in [7, 11) is 0. The predicted octanol–water partition coefficient (Wildman–Crippen LogP) is 3.51. The highest BCUT2D eigenvalue weighted by molar-refractivity contribution is 5.85. The van der Waals surface area contributed by atoms with E-state index in [0.717, 1.165) is 5.56 Å². The highest BCUT2D eigenvalue weighted by atomic mass is 35.5. The normalized spacial score (nSPS) is 18.7. The van der Waals surface area contributed by atoms with E-state index >= 15 is 0 Å². The minimum absolute atomic E-state index is 0. The fourth-order valence-corrected chi connectivity index (χ4v) is 3.76. The molecular formula is C22H24ClN3O2. The van der Waals surface area contributed by atoms with Crippen molar-refractivity contribution in [3.05, 3.63) is 78.2 Å². The molecule has 146 valence electrons. The van der Waals surface area contributed by atoms with Crippen LogP contribution < -0.4 is 5.73 Å². The molecule has 2 atom stereocenters. The lowest BCUT2D eigenvalue weighted by atomic mass is 9.89. The van der Waals surface area contributed by atoms with Crippen molar-refractivity contribution in [3.63, 3.8) is 0 Å². The fraction of sp³-hybridized carbons (Fsp3) is 0.273.